The number of carbonyl (C=O) groups excluding carboxylic acids is 10. The van der Waals surface area contributed by atoms with E-state index in [0.29, 0.717) is 90.1 Å². The fraction of sp³-hybridized carbons (Fsp3) is 0.798. The second-order valence-electron chi connectivity index (χ2n) is 36.8. The predicted molar refractivity (Wildman–Crippen MR) is 566 cm³/mol. The zero-order valence-electron chi connectivity index (χ0n) is 90.5. The summed E-state index contributed by atoms with van der Waals surface area (Å²) < 4.78 is 10.8. The van der Waals surface area contributed by atoms with Gasteiger partial charge in [-0.1, -0.05) is 13.3 Å². The molecule has 3 atom stereocenters. The van der Waals surface area contributed by atoms with E-state index in [-0.39, 0.29) is 125 Å². The minimum Gasteiger partial charge on any atom is -0.379 e. The van der Waals surface area contributed by atoms with E-state index in [1.807, 2.05) is 106 Å². The molecule has 2 bridgehead atoms. The number of carbonyl (C=O) groups is 10. The topological polar surface area (TPSA) is 369 Å². The highest BCUT2D eigenvalue weighted by atomic mass is 16.5. The maximum Gasteiger partial charge on any atom is 0.302 e. The van der Waals surface area contributed by atoms with E-state index in [0.717, 1.165) is 189 Å². The van der Waals surface area contributed by atoms with Crippen LogP contribution in [0, 0.1) is 77.6 Å². The summed E-state index contributed by atoms with van der Waals surface area (Å²) in [5, 5.41) is 19.2. The van der Waals surface area contributed by atoms with E-state index in [9.17, 15) is 47.9 Å². The lowest BCUT2D eigenvalue weighted by atomic mass is 10.1. The molecule has 45 nitrogen and oxygen atoms in total. The lowest BCUT2D eigenvalue weighted by molar-refractivity contribution is -0.129. The van der Waals surface area contributed by atoms with Gasteiger partial charge in [0.1, 0.15) is 0 Å². The summed E-state index contributed by atoms with van der Waals surface area (Å²) in [6.07, 6.45) is 11.6. The van der Waals surface area contributed by atoms with Crippen molar-refractivity contribution in [2.24, 2.45) is 11.8 Å². The minimum atomic E-state index is -0.208. The van der Waals surface area contributed by atoms with Gasteiger partial charge in [0.2, 0.25) is 0 Å². The van der Waals surface area contributed by atoms with E-state index >= 15 is 0 Å². The molecule has 7 N–H and O–H groups in total. The van der Waals surface area contributed by atoms with Gasteiger partial charge >= 0.3 is 17.7 Å². The lowest BCUT2D eigenvalue weighted by Crippen LogP contribution is -2.61. The summed E-state index contributed by atoms with van der Waals surface area (Å²) in [6.45, 7) is 102. The highest BCUT2D eigenvalue weighted by Gasteiger charge is 2.32. The van der Waals surface area contributed by atoms with Crippen molar-refractivity contribution in [3.8, 4) is 0 Å². The number of hydrogen-bond donors (Lipinski definition) is 7. The molecule has 7 heterocycles. The van der Waals surface area contributed by atoms with Crippen LogP contribution in [-0.2, 0) is 57.4 Å². The molecule has 0 radical (unpaired) electrons. The van der Waals surface area contributed by atoms with Crippen molar-refractivity contribution >= 4 is 59.1 Å². The van der Waals surface area contributed by atoms with Gasteiger partial charge in [-0.05, 0) is 227 Å². The average Bonchev–Trinajstić information content (AvgIpc) is 1.61. The third-order valence-electron chi connectivity index (χ3n) is 22.4. The van der Waals surface area contributed by atoms with Gasteiger partial charge in [0.05, 0.1) is 26.4 Å². The molecule has 0 aromatic rings. The maximum absolute atomic E-state index is 11.6. The van der Waals surface area contributed by atoms with Crippen molar-refractivity contribution in [1.82, 2.24) is 116 Å². The van der Waals surface area contributed by atoms with Crippen molar-refractivity contribution in [3.05, 3.63) is 114 Å². The van der Waals surface area contributed by atoms with Crippen LogP contribution in [-0.4, -0.2) is 577 Å². The molecule has 0 spiro atoms. The van der Waals surface area contributed by atoms with E-state index in [1.54, 1.807) is 23.9 Å². The Morgan fingerprint density at radius 1 is 0.312 bits per heavy atom. The van der Waals surface area contributed by atoms with Crippen LogP contribution in [0.4, 0.5) is 0 Å². The molecule has 812 valence electrons. The molecule has 7 aliphatic heterocycles. The van der Waals surface area contributed by atoms with E-state index < -0.39 is 0 Å². The largest absolute Gasteiger partial charge is 0.379 e. The van der Waals surface area contributed by atoms with Gasteiger partial charge in [0.25, 0.3) is 107 Å². The number of amides is 10. The van der Waals surface area contributed by atoms with Crippen LogP contribution in [0.25, 0.3) is 48.5 Å². The zero-order chi connectivity index (χ0) is 109. The third-order valence-corrected chi connectivity index (χ3v) is 22.4. The third kappa shape index (κ3) is 89.8. The number of rotatable bonds is 53. The molecular formula is C99H179N33O12. The summed E-state index contributed by atoms with van der Waals surface area (Å²) in [5.74, 6) is -0.306. The first kappa shape index (κ1) is 139. The fourth-order valence-corrected chi connectivity index (χ4v) is 13.9. The predicted octanol–water partition coefficient (Wildman–Crippen LogP) is -0.00440. The molecular weight excluding hydrogens is 1840 g/mol. The highest BCUT2D eigenvalue weighted by molar-refractivity contribution is 5.83. The Morgan fingerprint density at radius 2 is 0.660 bits per heavy atom. The Kier molecular flexibility index (Phi) is 92.4. The zero-order valence-corrected chi connectivity index (χ0v) is 90.5. The molecule has 0 aromatic carbocycles. The number of nitrogens with zero attached hydrogens (tertiary/aromatic N) is 26. The van der Waals surface area contributed by atoms with Crippen molar-refractivity contribution in [2.75, 3.05) is 434 Å². The molecule has 0 saturated carbocycles. The lowest BCUT2D eigenvalue weighted by Gasteiger charge is -2.47. The number of ether oxygens (including phenoxy) is 2. The first-order chi connectivity index (χ1) is 68.8. The number of piperazine rings is 3. The van der Waals surface area contributed by atoms with Gasteiger partial charge in [-0.15, -0.1) is 0 Å². The van der Waals surface area contributed by atoms with Gasteiger partial charge in [-0.25, -0.2) is 65.7 Å². The Bertz CT molecular complexity index is 3880. The molecule has 7 fully saturated rings. The van der Waals surface area contributed by atoms with Crippen LogP contribution in [0.5, 0.6) is 0 Å². The number of hydrogen-bond acceptors (Lipinski definition) is 25. The molecule has 10 amide bonds. The van der Waals surface area contributed by atoms with E-state index in [2.05, 4.69) is 149 Å². The van der Waals surface area contributed by atoms with Crippen LogP contribution in [0.2, 0.25) is 0 Å². The molecule has 144 heavy (non-hydrogen) atoms. The summed E-state index contributed by atoms with van der Waals surface area (Å²) in [7, 11) is 31.4. The van der Waals surface area contributed by atoms with E-state index in [4.69, 9.17) is 75.2 Å². The molecule has 0 aromatic heterocycles. The van der Waals surface area contributed by atoms with Crippen LogP contribution < -0.4 is 37.2 Å². The van der Waals surface area contributed by atoms with Crippen LogP contribution in [0.15, 0.2) is 0 Å². The first-order valence-corrected chi connectivity index (χ1v) is 49.8. The number of likely N-dealkylation sites (N-methyl/N-ethyl adjacent to an activating group) is 7. The molecule has 0 aliphatic carbocycles. The summed E-state index contributed by atoms with van der Waals surface area (Å²) in [5.41, 5.74) is 0. The molecule has 7 rings (SSSR count). The van der Waals surface area contributed by atoms with Crippen molar-refractivity contribution in [3.63, 3.8) is 0 Å². The van der Waals surface area contributed by atoms with Gasteiger partial charge in [0.15, 0.2) is 0 Å². The second kappa shape index (κ2) is 95.5. The normalized spacial score (nSPS) is 16.2. The summed E-state index contributed by atoms with van der Waals surface area (Å²) >= 11 is 0. The quantitative estimate of drug-likeness (QED) is 0.0311. The van der Waals surface area contributed by atoms with Crippen molar-refractivity contribution in [2.45, 2.75) is 77.2 Å². The van der Waals surface area contributed by atoms with Gasteiger partial charge in [0, 0.05) is 190 Å². The first-order valence-electron chi connectivity index (χ1n) is 49.8. The monoisotopic (exact) mass is 2020 g/mol. The van der Waals surface area contributed by atoms with Crippen LogP contribution in [0.3, 0.4) is 0 Å². The molecule has 3 unspecified atom stereocenters. The SMILES string of the molecule is [C-]#[N+]CC(=O)N(C)CCCN(C)C.[C-]#[N+]CC(=O)N(C)CCOCCN(C)C.[C-]#[N+]CC(=O)N(CCN(C)C)CCN(C)C.[C-]#[N+]CC(=O)NCC1CCN(C)C1.[C-]#[N+]CC(=O)NCC1CCN(CC)C1.[C-]#[N+]CC(=O)NCCC1CN2CCN1CC2.[C-]#[N+]CC(=O)NCCCN(C)C.[C-]#[N+]CC(=O)NCCN(C)CCOCCN(C)C.[C-]#[N+]CC(=O)NCCN1CCCC1.[C-]#[N+]CC(=O)NCCN1CCCCC1. The van der Waals surface area contributed by atoms with E-state index in [1.165, 1.54) is 63.2 Å². The Balaban J connectivity index is -0.000000758. The molecule has 7 aliphatic rings. The van der Waals surface area contributed by atoms with Crippen molar-refractivity contribution in [1.29, 1.82) is 0 Å². The fourth-order valence-electron chi connectivity index (χ4n) is 13.9. The maximum atomic E-state index is 11.6. The summed E-state index contributed by atoms with van der Waals surface area (Å²) in [4.78, 5) is 175. The Morgan fingerprint density at radius 3 is 1.03 bits per heavy atom. The van der Waals surface area contributed by atoms with Gasteiger partial charge < -0.3 is 164 Å². The van der Waals surface area contributed by atoms with Crippen molar-refractivity contribution < 1.29 is 57.4 Å². The standard InChI is InChI=1S/C12H24N4O2.C11H18N4O.C11H22N4O.C10H19N3O2.2C10H17N3O.2C9H15N3O.C9H17N3O.C8H15N3O/c1-13-11-12(17)14-5-6-16(4)8-10-18-9-7-15(2)3;1-12-8-11(16)13-3-2-10-9-14-4-6-15(10)7-5-14;1-12-10-11(16)15(8-6-13(2)3)9-7-14(4)5;1-11-9-10(14)13(4)6-8-15-7-5-12(2)3;1-11-9-10(14)12-5-8-13-6-3-2-4-7-13;1-3-13-5-4-9(8-13)6-12-10(14)7-11-2;1-10-6-9(13)11-5-8-3-4-12(2)7-8;1-10-8-9(13)11-4-7-12-5-2-3-6-12;1-10-8-9(13)12(4)7-5-6-11(2)3;1-9-7-8(12)10-5-4-6-11(2)3/h5-11H2,2-4H3,(H,14,17);10H,2-9H2,(H,13,16);6-10H2,2-5H3;5-9H2,2-4H3;2-9H2,(H,12,14);9H,3-8H2,1H3,(H,12,14);8H,3-7H2,2H3,(H,11,13);2-8H2,(H,11,13);5-8H2,2-4H3;4-7H2,2-3H3,(H,10,12). The second-order valence-corrected chi connectivity index (χ2v) is 36.8. The number of nitrogens with one attached hydrogen (secondary N) is 7. The van der Waals surface area contributed by atoms with Gasteiger partial charge in [-0.3, -0.25) is 57.7 Å². The number of fused-ring (bicyclic) bond motifs is 3. The Labute approximate surface area is 864 Å². The Hall–Kier alpha value is -11.0. The number of piperidine rings is 1. The van der Waals surface area contributed by atoms with Gasteiger partial charge in [-0.2, -0.15) is 0 Å². The smallest absolute Gasteiger partial charge is 0.302 e. The molecule has 45 heteroatoms. The number of likely N-dealkylation sites (tertiary alicyclic amines) is 4. The van der Waals surface area contributed by atoms with Crippen LogP contribution >= 0.6 is 0 Å². The average molecular weight is 2020 g/mol. The summed E-state index contributed by atoms with van der Waals surface area (Å²) in [6, 6.07) is 0.593. The highest BCUT2D eigenvalue weighted by Crippen LogP contribution is 2.18. The molecule has 7 saturated heterocycles. The minimum absolute atomic E-state index is 0.0293. The van der Waals surface area contributed by atoms with Crippen LogP contribution in [0.1, 0.15) is 71.1 Å².